The van der Waals surface area contributed by atoms with E-state index < -0.39 is 0 Å². The maximum Gasteiger partial charge on any atom is 0.227 e. The largest absolute Gasteiger partial charge is 0.341 e. The lowest BCUT2D eigenvalue weighted by molar-refractivity contribution is -0.137. The summed E-state index contributed by atoms with van der Waals surface area (Å²) in [6, 6.07) is 0.537. The smallest absolute Gasteiger partial charge is 0.227 e. The standard InChI is InChI=1S/C19H37N3O/c1-15(2)12-20(6)17-8-7-10-21(14-17)18(23)16-9-11-22(13-16)19(3,4)5/h15-17H,7-14H2,1-6H3/t16-,17+/m1/s1. The molecule has 2 fully saturated rings. The summed E-state index contributed by atoms with van der Waals surface area (Å²) < 4.78 is 0. The molecule has 134 valence electrons. The molecule has 2 aliphatic rings. The van der Waals surface area contributed by atoms with Gasteiger partial charge >= 0.3 is 0 Å². The number of likely N-dealkylation sites (tertiary alicyclic amines) is 2. The first-order valence-corrected chi connectivity index (χ1v) is 9.42. The van der Waals surface area contributed by atoms with Gasteiger partial charge < -0.3 is 9.80 Å². The minimum Gasteiger partial charge on any atom is -0.341 e. The number of amides is 1. The number of likely N-dealkylation sites (N-methyl/N-ethyl adjacent to an activating group) is 1. The Bertz CT molecular complexity index is 402. The zero-order valence-corrected chi connectivity index (χ0v) is 16.1. The molecule has 0 radical (unpaired) electrons. The maximum absolute atomic E-state index is 12.9. The van der Waals surface area contributed by atoms with E-state index in [0.717, 1.165) is 45.6 Å². The van der Waals surface area contributed by atoms with Crippen molar-refractivity contribution in [3.8, 4) is 0 Å². The summed E-state index contributed by atoms with van der Waals surface area (Å²) in [5.74, 6) is 1.30. The minimum absolute atomic E-state index is 0.178. The van der Waals surface area contributed by atoms with Crippen molar-refractivity contribution in [2.45, 2.75) is 65.5 Å². The lowest BCUT2D eigenvalue weighted by Gasteiger charge is -2.39. The van der Waals surface area contributed by atoms with Crippen molar-refractivity contribution < 1.29 is 4.79 Å². The molecule has 0 spiro atoms. The second kappa shape index (κ2) is 7.52. The van der Waals surface area contributed by atoms with Gasteiger partial charge in [0.2, 0.25) is 5.91 Å². The first-order chi connectivity index (χ1) is 10.7. The molecule has 0 bridgehead atoms. The van der Waals surface area contributed by atoms with E-state index >= 15 is 0 Å². The molecule has 0 aliphatic carbocycles. The van der Waals surface area contributed by atoms with E-state index in [1.165, 1.54) is 6.42 Å². The van der Waals surface area contributed by atoms with Crippen LogP contribution in [0.5, 0.6) is 0 Å². The van der Waals surface area contributed by atoms with E-state index in [2.05, 4.69) is 56.4 Å². The van der Waals surface area contributed by atoms with Gasteiger partial charge in [0.25, 0.3) is 0 Å². The van der Waals surface area contributed by atoms with Gasteiger partial charge in [-0.15, -0.1) is 0 Å². The van der Waals surface area contributed by atoms with Gasteiger partial charge in [0.15, 0.2) is 0 Å². The summed E-state index contributed by atoms with van der Waals surface area (Å²) in [4.78, 5) is 20.0. The van der Waals surface area contributed by atoms with Crippen molar-refractivity contribution in [1.29, 1.82) is 0 Å². The van der Waals surface area contributed by atoms with Gasteiger partial charge in [0, 0.05) is 37.8 Å². The molecule has 0 saturated carbocycles. The van der Waals surface area contributed by atoms with Crippen molar-refractivity contribution in [2.24, 2.45) is 11.8 Å². The summed E-state index contributed by atoms with van der Waals surface area (Å²) in [7, 11) is 2.22. The Morgan fingerprint density at radius 3 is 2.43 bits per heavy atom. The molecule has 4 nitrogen and oxygen atoms in total. The SMILES string of the molecule is CC(C)CN(C)[C@H]1CCCN(C(=O)[C@@H]2CCN(C(C)(C)C)C2)C1. The van der Waals surface area contributed by atoms with Gasteiger partial charge in [0.1, 0.15) is 0 Å². The number of rotatable bonds is 4. The maximum atomic E-state index is 12.9. The zero-order chi connectivity index (χ0) is 17.2. The van der Waals surface area contributed by atoms with E-state index in [1.807, 2.05) is 0 Å². The van der Waals surface area contributed by atoms with Crippen LogP contribution in [0.1, 0.15) is 53.9 Å². The predicted octanol–water partition coefficient (Wildman–Crippen LogP) is 2.69. The van der Waals surface area contributed by atoms with E-state index in [-0.39, 0.29) is 11.5 Å². The van der Waals surface area contributed by atoms with Crippen molar-refractivity contribution in [1.82, 2.24) is 14.7 Å². The molecule has 0 aromatic heterocycles. The molecule has 0 aromatic carbocycles. The molecule has 2 atom stereocenters. The Balaban J connectivity index is 1.90. The van der Waals surface area contributed by atoms with Gasteiger partial charge in [0.05, 0.1) is 5.92 Å². The topological polar surface area (TPSA) is 26.8 Å². The lowest BCUT2D eigenvalue weighted by atomic mass is 10.00. The first kappa shape index (κ1) is 18.7. The summed E-state index contributed by atoms with van der Waals surface area (Å²) in [6.07, 6.45) is 3.40. The fraction of sp³-hybridized carbons (Fsp3) is 0.947. The zero-order valence-electron chi connectivity index (χ0n) is 16.1. The fourth-order valence-electron chi connectivity index (χ4n) is 4.07. The predicted molar refractivity (Wildman–Crippen MR) is 96.5 cm³/mol. The van der Waals surface area contributed by atoms with E-state index in [0.29, 0.717) is 17.9 Å². The number of hydrogen-bond donors (Lipinski definition) is 0. The molecule has 0 unspecified atom stereocenters. The molecule has 23 heavy (non-hydrogen) atoms. The van der Waals surface area contributed by atoms with Crippen molar-refractivity contribution in [2.75, 3.05) is 39.8 Å². The second-order valence-corrected chi connectivity index (χ2v) is 9.02. The number of nitrogens with zero attached hydrogens (tertiary/aromatic N) is 3. The quantitative estimate of drug-likeness (QED) is 0.796. The van der Waals surface area contributed by atoms with Crippen LogP contribution in [0.4, 0.5) is 0 Å². The number of carbonyl (C=O) groups is 1. The summed E-state index contributed by atoms with van der Waals surface area (Å²) in [6.45, 7) is 16.3. The molecule has 2 saturated heterocycles. The van der Waals surface area contributed by atoms with Crippen LogP contribution in [0, 0.1) is 11.8 Å². The normalized spacial score (nSPS) is 27.2. The third kappa shape index (κ3) is 4.93. The molecular formula is C19H37N3O. The highest BCUT2D eigenvalue weighted by atomic mass is 16.2. The average Bonchev–Trinajstić information content (AvgIpc) is 2.95. The van der Waals surface area contributed by atoms with E-state index in [1.54, 1.807) is 0 Å². The van der Waals surface area contributed by atoms with Crippen molar-refractivity contribution in [3.63, 3.8) is 0 Å². The highest BCUT2D eigenvalue weighted by molar-refractivity contribution is 5.79. The van der Waals surface area contributed by atoms with Crippen LogP contribution in [0.15, 0.2) is 0 Å². The molecule has 0 aromatic rings. The van der Waals surface area contributed by atoms with Gasteiger partial charge in [-0.25, -0.2) is 0 Å². The summed E-state index contributed by atoms with van der Waals surface area (Å²) >= 11 is 0. The Kier molecular flexibility index (Phi) is 6.12. The van der Waals surface area contributed by atoms with Crippen LogP contribution < -0.4 is 0 Å². The van der Waals surface area contributed by atoms with Gasteiger partial charge in [-0.1, -0.05) is 13.8 Å². The highest BCUT2D eigenvalue weighted by Gasteiger charge is 2.37. The molecule has 2 rings (SSSR count). The molecule has 2 aliphatic heterocycles. The summed E-state index contributed by atoms with van der Waals surface area (Å²) in [5, 5.41) is 0. The van der Waals surface area contributed by atoms with Crippen LogP contribution in [0.3, 0.4) is 0 Å². The van der Waals surface area contributed by atoms with Crippen LogP contribution in [-0.4, -0.2) is 72.0 Å². The van der Waals surface area contributed by atoms with Crippen LogP contribution in [-0.2, 0) is 4.79 Å². The van der Waals surface area contributed by atoms with Crippen LogP contribution >= 0.6 is 0 Å². The van der Waals surface area contributed by atoms with E-state index in [4.69, 9.17) is 0 Å². The summed E-state index contributed by atoms with van der Waals surface area (Å²) in [5.41, 5.74) is 0.178. The third-order valence-corrected chi connectivity index (χ3v) is 5.47. The van der Waals surface area contributed by atoms with Crippen LogP contribution in [0.25, 0.3) is 0 Å². The monoisotopic (exact) mass is 323 g/mol. The fourth-order valence-corrected chi connectivity index (χ4v) is 4.07. The van der Waals surface area contributed by atoms with Crippen molar-refractivity contribution in [3.05, 3.63) is 0 Å². The lowest BCUT2D eigenvalue weighted by Crippen LogP contribution is -2.51. The van der Waals surface area contributed by atoms with Gasteiger partial charge in [-0.2, -0.15) is 0 Å². The van der Waals surface area contributed by atoms with Gasteiger partial charge in [-0.3, -0.25) is 9.69 Å². The molecule has 0 N–H and O–H groups in total. The van der Waals surface area contributed by atoms with E-state index in [9.17, 15) is 4.79 Å². The van der Waals surface area contributed by atoms with Crippen LogP contribution in [0.2, 0.25) is 0 Å². The first-order valence-electron chi connectivity index (χ1n) is 9.42. The molecule has 1 amide bonds. The van der Waals surface area contributed by atoms with Gasteiger partial charge in [-0.05, 0) is 59.5 Å². The molecular weight excluding hydrogens is 286 g/mol. The Morgan fingerprint density at radius 1 is 1.17 bits per heavy atom. The Hall–Kier alpha value is -0.610. The molecule has 4 heteroatoms. The van der Waals surface area contributed by atoms with Crippen molar-refractivity contribution >= 4 is 5.91 Å². The average molecular weight is 324 g/mol. The Morgan fingerprint density at radius 2 is 1.87 bits per heavy atom. The third-order valence-electron chi connectivity index (χ3n) is 5.47. The second-order valence-electron chi connectivity index (χ2n) is 9.02. The Labute approximate surface area is 143 Å². The number of hydrogen-bond acceptors (Lipinski definition) is 3. The molecule has 2 heterocycles. The number of piperidine rings is 1. The minimum atomic E-state index is 0.178. The highest BCUT2D eigenvalue weighted by Crippen LogP contribution is 2.27. The number of carbonyl (C=O) groups excluding carboxylic acids is 1.